The summed E-state index contributed by atoms with van der Waals surface area (Å²) >= 11 is 0. The Labute approximate surface area is 131 Å². The van der Waals surface area contributed by atoms with Crippen LogP contribution in [-0.4, -0.2) is 46.0 Å². The number of carbonyl (C=O) groups excluding carboxylic acids is 1. The number of nitrogens with zero attached hydrogens (tertiary/aromatic N) is 1. The van der Waals surface area contributed by atoms with Gasteiger partial charge in [0, 0.05) is 26.6 Å². The number of benzene rings is 1. The molecule has 0 aliphatic carbocycles. The quantitative estimate of drug-likeness (QED) is 0.883. The SMILES string of the molecule is COc1ccc(S(=O)(=O)NCC2CCN(C(C)=O)CC2)cc1. The van der Waals surface area contributed by atoms with Crippen molar-refractivity contribution in [1.82, 2.24) is 9.62 Å². The zero-order chi connectivity index (χ0) is 16.2. The molecule has 22 heavy (non-hydrogen) atoms. The van der Waals surface area contributed by atoms with Crippen LogP contribution in [0.1, 0.15) is 19.8 Å². The third kappa shape index (κ3) is 4.20. The molecule has 0 bridgehead atoms. The highest BCUT2D eigenvalue weighted by Gasteiger charge is 2.22. The molecule has 1 saturated heterocycles. The molecule has 1 aromatic carbocycles. The van der Waals surface area contributed by atoms with Crippen LogP contribution in [0.25, 0.3) is 0 Å². The van der Waals surface area contributed by atoms with Crippen molar-refractivity contribution < 1.29 is 17.9 Å². The lowest BCUT2D eigenvalue weighted by Crippen LogP contribution is -2.40. The maximum absolute atomic E-state index is 12.2. The van der Waals surface area contributed by atoms with Crippen LogP contribution in [0.4, 0.5) is 0 Å². The topological polar surface area (TPSA) is 75.7 Å². The van der Waals surface area contributed by atoms with Gasteiger partial charge in [0.15, 0.2) is 0 Å². The van der Waals surface area contributed by atoms with E-state index in [0.717, 1.165) is 12.8 Å². The number of ether oxygens (including phenoxy) is 1. The van der Waals surface area contributed by atoms with Crippen molar-refractivity contribution in [2.75, 3.05) is 26.7 Å². The normalized spacial score (nSPS) is 16.5. The number of sulfonamides is 1. The van der Waals surface area contributed by atoms with Crippen LogP contribution in [0.3, 0.4) is 0 Å². The number of rotatable bonds is 5. The summed E-state index contributed by atoms with van der Waals surface area (Å²) in [5.74, 6) is 0.969. The van der Waals surface area contributed by atoms with Crippen LogP contribution in [0.5, 0.6) is 5.75 Å². The third-order valence-corrected chi connectivity index (χ3v) is 5.43. The van der Waals surface area contributed by atoms with Crippen LogP contribution < -0.4 is 9.46 Å². The number of amides is 1. The summed E-state index contributed by atoms with van der Waals surface area (Å²) in [6.07, 6.45) is 1.65. The fourth-order valence-corrected chi connectivity index (χ4v) is 3.63. The third-order valence-electron chi connectivity index (χ3n) is 3.99. The molecule has 122 valence electrons. The maximum atomic E-state index is 12.2. The molecule has 0 atom stereocenters. The Hall–Kier alpha value is -1.60. The molecule has 7 heteroatoms. The van der Waals surface area contributed by atoms with E-state index in [2.05, 4.69) is 4.72 Å². The standard InChI is InChI=1S/C15H22N2O4S/c1-12(18)17-9-7-13(8-10-17)11-16-22(19,20)15-5-3-14(21-2)4-6-15/h3-6,13,16H,7-11H2,1-2H3. The van der Waals surface area contributed by atoms with Crippen LogP contribution >= 0.6 is 0 Å². The molecule has 1 aliphatic rings. The minimum Gasteiger partial charge on any atom is -0.497 e. The molecule has 0 aromatic heterocycles. The Kier molecular flexibility index (Phi) is 5.42. The minimum absolute atomic E-state index is 0.0808. The van der Waals surface area contributed by atoms with Crippen molar-refractivity contribution in [3.63, 3.8) is 0 Å². The van der Waals surface area contributed by atoms with Crippen molar-refractivity contribution in [3.8, 4) is 5.75 Å². The van der Waals surface area contributed by atoms with Gasteiger partial charge in [-0.05, 0) is 43.0 Å². The van der Waals surface area contributed by atoms with Crippen molar-refractivity contribution in [2.24, 2.45) is 5.92 Å². The Bertz CT molecular complexity index is 605. The van der Waals surface area contributed by atoms with Gasteiger partial charge in [-0.25, -0.2) is 13.1 Å². The van der Waals surface area contributed by atoms with Gasteiger partial charge in [-0.2, -0.15) is 0 Å². The molecule has 6 nitrogen and oxygen atoms in total. The lowest BCUT2D eigenvalue weighted by Gasteiger charge is -2.31. The van der Waals surface area contributed by atoms with Gasteiger partial charge in [0.05, 0.1) is 12.0 Å². The fourth-order valence-electron chi connectivity index (χ4n) is 2.52. The zero-order valence-electron chi connectivity index (χ0n) is 12.9. The van der Waals surface area contributed by atoms with Crippen molar-refractivity contribution >= 4 is 15.9 Å². The highest BCUT2D eigenvalue weighted by molar-refractivity contribution is 7.89. The predicted octanol–water partition coefficient (Wildman–Crippen LogP) is 1.23. The molecule has 1 N–H and O–H groups in total. The zero-order valence-corrected chi connectivity index (χ0v) is 13.7. The molecule has 0 saturated carbocycles. The molecule has 2 rings (SSSR count). The van der Waals surface area contributed by atoms with Gasteiger partial charge in [-0.3, -0.25) is 4.79 Å². The molecule has 1 aromatic rings. The second-order valence-corrected chi connectivity index (χ2v) is 7.24. The summed E-state index contributed by atoms with van der Waals surface area (Å²) in [7, 11) is -1.96. The number of hydrogen-bond acceptors (Lipinski definition) is 4. The van der Waals surface area contributed by atoms with E-state index in [1.807, 2.05) is 0 Å². The summed E-state index contributed by atoms with van der Waals surface area (Å²) in [5, 5.41) is 0. The average Bonchev–Trinajstić information content (AvgIpc) is 2.53. The van der Waals surface area contributed by atoms with Gasteiger partial charge >= 0.3 is 0 Å². The van der Waals surface area contributed by atoms with Crippen molar-refractivity contribution in [2.45, 2.75) is 24.7 Å². The van der Waals surface area contributed by atoms with Crippen LogP contribution in [0.2, 0.25) is 0 Å². The number of likely N-dealkylation sites (tertiary alicyclic amines) is 1. The fraction of sp³-hybridized carbons (Fsp3) is 0.533. The van der Waals surface area contributed by atoms with E-state index in [0.29, 0.717) is 25.4 Å². The largest absolute Gasteiger partial charge is 0.497 e. The van der Waals surface area contributed by atoms with Gasteiger partial charge in [0.1, 0.15) is 5.75 Å². The smallest absolute Gasteiger partial charge is 0.240 e. The van der Waals surface area contributed by atoms with Gasteiger partial charge in [-0.1, -0.05) is 0 Å². The first-order valence-corrected chi connectivity index (χ1v) is 8.80. The molecule has 1 heterocycles. The number of nitrogens with one attached hydrogen (secondary N) is 1. The van der Waals surface area contributed by atoms with E-state index < -0.39 is 10.0 Å². The molecule has 1 amide bonds. The summed E-state index contributed by atoms with van der Waals surface area (Å²) in [6.45, 7) is 3.36. The summed E-state index contributed by atoms with van der Waals surface area (Å²) in [4.78, 5) is 13.3. The monoisotopic (exact) mass is 326 g/mol. The summed E-state index contributed by atoms with van der Waals surface area (Å²) in [5.41, 5.74) is 0. The highest BCUT2D eigenvalue weighted by Crippen LogP contribution is 2.19. The summed E-state index contributed by atoms with van der Waals surface area (Å²) < 4.78 is 32.1. The molecular weight excluding hydrogens is 304 g/mol. The molecule has 1 fully saturated rings. The van der Waals surface area contributed by atoms with Gasteiger partial charge in [-0.15, -0.1) is 0 Å². The van der Waals surface area contributed by atoms with E-state index in [9.17, 15) is 13.2 Å². The summed E-state index contributed by atoms with van der Waals surface area (Å²) in [6, 6.07) is 6.30. The Morgan fingerprint density at radius 2 is 1.86 bits per heavy atom. The first-order chi connectivity index (χ1) is 10.4. The highest BCUT2D eigenvalue weighted by atomic mass is 32.2. The van der Waals surface area contributed by atoms with E-state index >= 15 is 0 Å². The number of hydrogen-bond donors (Lipinski definition) is 1. The predicted molar refractivity (Wildman–Crippen MR) is 83.2 cm³/mol. The molecular formula is C15H22N2O4S. The second kappa shape index (κ2) is 7.11. The number of carbonyl (C=O) groups is 1. The molecule has 0 unspecified atom stereocenters. The number of piperidine rings is 1. The molecule has 1 aliphatic heterocycles. The minimum atomic E-state index is -3.50. The molecule has 0 spiro atoms. The van der Waals surface area contributed by atoms with E-state index in [1.54, 1.807) is 24.0 Å². The second-order valence-electron chi connectivity index (χ2n) is 5.48. The Morgan fingerprint density at radius 3 is 2.36 bits per heavy atom. The Balaban J connectivity index is 1.89. The van der Waals surface area contributed by atoms with Crippen LogP contribution in [0, 0.1) is 5.92 Å². The van der Waals surface area contributed by atoms with Gasteiger partial charge < -0.3 is 9.64 Å². The van der Waals surface area contributed by atoms with Crippen LogP contribution in [-0.2, 0) is 14.8 Å². The first-order valence-electron chi connectivity index (χ1n) is 7.31. The molecule has 0 radical (unpaired) electrons. The average molecular weight is 326 g/mol. The lowest BCUT2D eigenvalue weighted by molar-refractivity contribution is -0.130. The maximum Gasteiger partial charge on any atom is 0.240 e. The Morgan fingerprint density at radius 1 is 1.27 bits per heavy atom. The van der Waals surface area contributed by atoms with E-state index in [-0.39, 0.29) is 16.7 Å². The van der Waals surface area contributed by atoms with Crippen molar-refractivity contribution in [3.05, 3.63) is 24.3 Å². The lowest BCUT2D eigenvalue weighted by atomic mass is 9.97. The van der Waals surface area contributed by atoms with Crippen LogP contribution in [0.15, 0.2) is 29.2 Å². The van der Waals surface area contributed by atoms with Crippen molar-refractivity contribution in [1.29, 1.82) is 0 Å². The number of methoxy groups -OCH3 is 1. The van der Waals surface area contributed by atoms with Gasteiger partial charge in [0.2, 0.25) is 15.9 Å². The van der Waals surface area contributed by atoms with E-state index in [1.165, 1.54) is 19.2 Å². The first kappa shape index (κ1) is 16.8. The van der Waals surface area contributed by atoms with Gasteiger partial charge in [0.25, 0.3) is 0 Å². The van der Waals surface area contributed by atoms with E-state index in [4.69, 9.17) is 4.74 Å².